The molecular formula is C18H26O2S. The summed E-state index contributed by atoms with van der Waals surface area (Å²) in [5, 5.41) is 0.213. The van der Waals surface area contributed by atoms with Crippen molar-refractivity contribution in [2.75, 3.05) is 5.75 Å². The van der Waals surface area contributed by atoms with E-state index in [1.54, 1.807) is 0 Å². The molecule has 3 unspecified atom stereocenters. The Bertz CT molecular complexity index is 563. The van der Waals surface area contributed by atoms with Gasteiger partial charge in [-0.1, -0.05) is 25.8 Å². The van der Waals surface area contributed by atoms with E-state index in [2.05, 4.69) is 13.8 Å². The van der Waals surface area contributed by atoms with Crippen molar-refractivity contribution in [3.63, 3.8) is 0 Å². The van der Waals surface area contributed by atoms with Gasteiger partial charge < -0.3 is 0 Å². The van der Waals surface area contributed by atoms with Gasteiger partial charge in [-0.2, -0.15) is 0 Å². The van der Waals surface area contributed by atoms with E-state index in [0.29, 0.717) is 5.92 Å². The number of carbonyl (C=O) groups is 1. The number of Topliss-reactive ketones (excluding diaryl/α,β-unsaturated/α-hetero) is 1. The van der Waals surface area contributed by atoms with Crippen LogP contribution in [0.5, 0.6) is 0 Å². The van der Waals surface area contributed by atoms with Crippen LogP contribution in [0.3, 0.4) is 0 Å². The van der Waals surface area contributed by atoms with Crippen LogP contribution in [0.2, 0.25) is 0 Å². The Morgan fingerprint density at radius 1 is 1.14 bits per heavy atom. The second kappa shape index (κ2) is 6.87. The molecule has 0 spiro atoms. The number of rotatable bonds is 4. The van der Waals surface area contributed by atoms with Crippen molar-refractivity contribution in [1.82, 2.24) is 0 Å². The number of hydrogen-bond acceptors (Lipinski definition) is 2. The second-order valence-electron chi connectivity index (χ2n) is 6.59. The third kappa shape index (κ3) is 4.03. The molecule has 1 fully saturated rings. The molecule has 0 amide bonds. The first kappa shape index (κ1) is 16.4. The molecule has 1 aromatic carbocycles. The Kier molecular flexibility index (Phi) is 5.37. The van der Waals surface area contributed by atoms with E-state index < -0.39 is 10.8 Å². The van der Waals surface area contributed by atoms with Crippen molar-refractivity contribution < 1.29 is 9.00 Å². The van der Waals surface area contributed by atoms with Crippen LogP contribution in [0.25, 0.3) is 0 Å². The molecule has 3 heteroatoms. The first-order valence-corrected chi connectivity index (χ1v) is 9.25. The first-order chi connectivity index (χ1) is 9.88. The second-order valence-corrected chi connectivity index (χ2v) is 8.31. The summed E-state index contributed by atoms with van der Waals surface area (Å²) in [6, 6.07) is 4.00. The van der Waals surface area contributed by atoms with E-state index in [-0.39, 0.29) is 16.8 Å². The molecule has 3 atom stereocenters. The van der Waals surface area contributed by atoms with E-state index in [9.17, 15) is 9.00 Å². The molecule has 1 aliphatic rings. The predicted octanol–water partition coefficient (Wildman–Crippen LogP) is 4.12. The molecule has 0 heterocycles. The van der Waals surface area contributed by atoms with Gasteiger partial charge in [0.25, 0.3) is 0 Å². The summed E-state index contributed by atoms with van der Waals surface area (Å²) >= 11 is 0. The summed E-state index contributed by atoms with van der Waals surface area (Å²) in [4.78, 5) is 12.5. The van der Waals surface area contributed by atoms with Gasteiger partial charge in [0, 0.05) is 21.6 Å². The van der Waals surface area contributed by atoms with Crippen molar-refractivity contribution in [2.45, 2.75) is 58.6 Å². The fourth-order valence-electron chi connectivity index (χ4n) is 3.20. The Morgan fingerprint density at radius 3 is 2.48 bits per heavy atom. The Balaban J connectivity index is 2.07. The zero-order valence-electron chi connectivity index (χ0n) is 13.6. The monoisotopic (exact) mass is 306 g/mol. The maximum Gasteiger partial charge on any atom is 0.175 e. The van der Waals surface area contributed by atoms with E-state index in [1.165, 1.54) is 12.0 Å². The summed E-state index contributed by atoms with van der Waals surface area (Å²) in [5.74, 6) is 0.860. The average Bonchev–Trinajstić information content (AvgIpc) is 2.42. The highest BCUT2D eigenvalue weighted by Gasteiger charge is 2.26. The molecule has 1 aromatic rings. The smallest absolute Gasteiger partial charge is 0.175 e. The van der Waals surface area contributed by atoms with Crippen LogP contribution in [0, 0.1) is 26.7 Å². The molecule has 1 aliphatic carbocycles. The van der Waals surface area contributed by atoms with Gasteiger partial charge in [-0.05, 0) is 62.3 Å². The van der Waals surface area contributed by atoms with Crippen molar-refractivity contribution in [3.05, 3.63) is 34.4 Å². The molecule has 1 saturated carbocycles. The van der Waals surface area contributed by atoms with Crippen LogP contribution < -0.4 is 0 Å². The first-order valence-electron chi connectivity index (χ1n) is 7.86. The molecule has 2 rings (SSSR count). The lowest BCUT2D eigenvalue weighted by molar-refractivity contribution is 0.102. The van der Waals surface area contributed by atoms with Gasteiger partial charge in [0.05, 0.1) is 5.75 Å². The minimum absolute atomic E-state index is 0.0344. The lowest BCUT2D eigenvalue weighted by atomic mass is 9.91. The van der Waals surface area contributed by atoms with Crippen molar-refractivity contribution in [1.29, 1.82) is 0 Å². The average molecular weight is 306 g/mol. The van der Waals surface area contributed by atoms with Crippen LogP contribution in [0.1, 0.15) is 59.7 Å². The van der Waals surface area contributed by atoms with Gasteiger partial charge in [0.2, 0.25) is 0 Å². The van der Waals surface area contributed by atoms with Gasteiger partial charge in [-0.25, -0.2) is 0 Å². The van der Waals surface area contributed by atoms with Gasteiger partial charge in [0.1, 0.15) is 0 Å². The highest BCUT2D eigenvalue weighted by atomic mass is 32.2. The number of aryl methyl sites for hydroxylation is 3. The molecule has 0 bridgehead atoms. The largest absolute Gasteiger partial charge is 0.293 e. The predicted molar refractivity (Wildman–Crippen MR) is 89.4 cm³/mol. The van der Waals surface area contributed by atoms with Gasteiger partial charge in [-0.3, -0.25) is 9.00 Å². The SMILES string of the molecule is Cc1cc(C)c(C(=O)CS(=O)C2CCCC(C)C2)cc1C. The summed E-state index contributed by atoms with van der Waals surface area (Å²) in [5.41, 5.74) is 4.07. The zero-order valence-corrected chi connectivity index (χ0v) is 14.4. The normalized spacial score (nSPS) is 23.8. The van der Waals surface area contributed by atoms with Crippen LogP contribution in [0.4, 0.5) is 0 Å². The van der Waals surface area contributed by atoms with Gasteiger partial charge >= 0.3 is 0 Å². The Labute approximate surface area is 130 Å². The fourth-order valence-corrected chi connectivity index (χ4v) is 4.83. The van der Waals surface area contributed by atoms with Crippen molar-refractivity contribution in [3.8, 4) is 0 Å². The van der Waals surface area contributed by atoms with E-state index in [1.807, 2.05) is 26.0 Å². The topological polar surface area (TPSA) is 34.1 Å². The molecule has 0 aromatic heterocycles. The number of benzene rings is 1. The Hall–Kier alpha value is -0.960. The molecule has 0 N–H and O–H groups in total. The molecule has 0 saturated heterocycles. The lowest BCUT2D eigenvalue weighted by Gasteiger charge is -2.25. The third-order valence-electron chi connectivity index (χ3n) is 4.67. The van der Waals surface area contributed by atoms with Crippen LogP contribution >= 0.6 is 0 Å². The number of ketones is 1. The maximum absolute atomic E-state index is 12.5. The van der Waals surface area contributed by atoms with Crippen molar-refractivity contribution in [2.24, 2.45) is 5.92 Å². The van der Waals surface area contributed by atoms with Crippen molar-refractivity contribution >= 4 is 16.6 Å². The zero-order chi connectivity index (χ0) is 15.6. The molecule has 0 radical (unpaired) electrons. The van der Waals surface area contributed by atoms with E-state index in [0.717, 1.165) is 36.0 Å². The quantitative estimate of drug-likeness (QED) is 0.784. The summed E-state index contributed by atoms with van der Waals surface area (Å²) in [6.45, 7) is 8.26. The lowest BCUT2D eigenvalue weighted by Crippen LogP contribution is -2.27. The van der Waals surface area contributed by atoms with Crippen LogP contribution in [0.15, 0.2) is 12.1 Å². The number of hydrogen-bond donors (Lipinski definition) is 0. The van der Waals surface area contributed by atoms with Crippen LogP contribution in [-0.2, 0) is 10.8 Å². The standard InChI is InChI=1S/C18H26O2S/c1-12-6-5-7-16(8-12)21(20)11-18(19)17-10-14(3)13(2)9-15(17)4/h9-10,12,16H,5-8,11H2,1-4H3. The molecular weight excluding hydrogens is 280 g/mol. The highest BCUT2D eigenvalue weighted by molar-refractivity contribution is 7.86. The molecule has 2 nitrogen and oxygen atoms in total. The molecule has 0 aliphatic heterocycles. The highest BCUT2D eigenvalue weighted by Crippen LogP contribution is 2.27. The van der Waals surface area contributed by atoms with Crippen LogP contribution in [-0.4, -0.2) is 21.0 Å². The molecule has 21 heavy (non-hydrogen) atoms. The maximum atomic E-state index is 12.5. The minimum Gasteiger partial charge on any atom is -0.293 e. The van der Waals surface area contributed by atoms with E-state index in [4.69, 9.17) is 0 Å². The molecule has 116 valence electrons. The summed E-state index contributed by atoms with van der Waals surface area (Å²) in [6.07, 6.45) is 4.40. The summed E-state index contributed by atoms with van der Waals surface area (Å²) < 4.78 is 12.5. The van der Waals surface area contributed by atoms with Gasteiger partial charge in [0.15, 0.2) is 5.78 Å². The fraction of sp³-hybridized carbons (Fsp3) is 0.611. The Morgan fingerprint density at radius 2 is 1.81 bits per heavy atom. The minimum atomic E-state index is -1.03. The summed E-state index contributed by atoms with van der Waals surface area (Å²) in [7, 11) is -1.03. The van der Waals surface area contributed by atoms with E-state index >= 15 is 0 Å². The third-order valence-corrected chi connectivity index (χ3v) is 6.39. The number of carbonyl (C=O) groups excluding carboxylic acids is 1. The van der Waals surface area contributed by atoms with Gasteiger partial charge in [-0.15, -0.1) is 0 Å².